The first kappa shape index (κ1) is 20.1. The molecule has 0 saturated carbocycles. The van der Waals surface area contributed by atoms with Gasteiger partial charge < -0.3 is 9.47 Å². The summed E-state index contributed by atoms with van der Waals surface area (Å²) in [5.74, 6) is 0.655. The van der Waals surface area contributed by atoms with Gasteiger partial charge in [-0.15, -0.1) is 11.8 Å². The average molecular weight is 433 g/mol. The lowest BCUT2D eigenvalue weighted by molar-refractivity contribution is -0.116. The van der Waals surface area contributed by atoms with Crippen LogP contribution in [0.15, 0.2) is 47.4 Å². The van der Waals surface area contributed by atoms with Crippen LogP contribution in [0, 0.1) is 5.82 Å². The van der Waals surface area contributed by atoms with Crippen LogP contribution in [0.5, 0.6) is 5.75 Å². The number of anilines is 1. The summed E-state index contributed by atoms with van der Waals surface area (Å²) in [6.45, 7) is 1.22. The Bertz CT molecular complexity index is 987. The first-order chi connectivity index (χ1) is 14.1. The highest BCUT2D eigenvalue weighted by Crippen LogP contribution is 2.32. The van der Waals surface area contributed by atoms with Crippen molar-refractivity contribution in [3.05, 3.63) is 48.3 Å². The molecule has 0 spiro atoms. The molecule has 1 aromatic heterocycles. The summed E-state index contributed by atoms with van der Waals surface area (Å²) in [4.78, 5) is 20.3. The number of carbonyl (C=O) groups excluding carboxylic acids is 1. The van der Waals surface area contributed by atoms with Crippen LogP contribution in [-0.4, -0.2) is 43.0 Å². The number of methoxy groups -OCH3 is 1. The van der Waals surface area contributed by atoms with E-state index in [0.29, 0.717) is 11.7 Å². The lowest BCUT2D eigenvalue weighted by Crippen LogP contribution is -2.38. The fourth-order valence-electron chi connectivity index (χ4n) is 3.17. The second-order valence-electron chi connectivity index (χ2n) is 6.71. The van der Waals surface area contributed by atoms with Crippen LogP contribution in [0.1, 0.15) is 12.8 Å². The highest BCUT2D eigenvalue weighted by molar-refractivity contribution is 8.00. The van der Waals surface area contributed by atoms with Gasteiger partial charge in [0.05, 0.1) is 35.7 Å². The van der Waals surface area contributed by atoms with Gasteiger partial charge in [0, 0.05) is 17.6 Å². The standard InChI is InChI=1S/C21H21FN2O3S2/c1-26-15-6-9-19-18(11-15)23-21(29-19)24(12-16-3-2-10-27-16)20(25)13-28-17-7-4-14(22)5-8-17/h4-9,11,16H,2-3,10,12-13H2,1H3. The van der Waals surface area contributed by atoms with Gasteiger partial charge in [-0.3, -0.25) is 9.69 Å². The molecule has 2 aromatic carbocycles. The lowest BCUT2D eigenvalue weighted by Gasteiger charge is -2.23. The smallest absolute Gasteiger partial charge is 0.239 e. The van der Waals surface area contributed by atoms with Crippen molar-refractivity contribution in [2.24, 2.45) is 0 Å². The van der Waals surface area contributed by atoms with E-state index in [1.165, 1.54) is 35.2 Å². The van der Waals surface area contributed by atoms with Gasteiger partial charge in [0.2, 0.25) is 5.91 Å². The summed E-state index contributed by atoms with van der Waals surface area (Å²) in [6.07, 6.45) is 1.97. The predicted molar refractivity (Wildman–Crippen MR) is 115 cm³/mol. The Kier molecular flexibility index (Phi) is 6.32. The maximum Gasteiger partial charge on any atom is 0.239 e. The molecule has 1 saturated heterocycles. The van der Waals surface area contributed by atoms with Crippen molar-refractivity contribution in [1.29, 1.82) is 0 Å². The van der Waals surface area contributed by atoms with E-state index >= 15 is 0 Å². The molecule has 2 heterocycles. The van der Waals surface area contributed by atoms with Gasteiger partial charge in [0.25, 0.3) is 0 Å². The SMILES string of the molecule is COc1ccc2sc(N(CC3CCCO3)C(=O)CSc3ccc(F)cc3)nc2c1. The van der Waals surface area contributed by atoms with E-state index in [1.54, 1.807) is 24.1 Å². The van der Waals surface area contributed by atoms with E-state index in [2.05, 4.69) is 4.98 Å². The summed E-state index contributed by atoms with van der Waals surface area (Å²) < 4.78 is 25.1. The molecule has 152 valence electrons. The molecule has 0 N–H and O–H groups in total. The monoisotopic (exact) mass is 432 g/mol. The van der Waals surface area contributed by atoms with Crippen LogP contribution < -0.4 is 9.64 Å². The number of thioether (sulfide) groups is 1. The van der Waals surface area contributed by atoms with Crippen molar-refractivity contribution in [3.63, 3.8) is 0 Å². The van der Waals surface area contributed by atoms with Crippen LogP contribution in [0.3, 0.4) is 0 Å². The van der Waals surface area contributed by atoms with Crippen molar-refractivity contribution in [1.82, 2.24) is 4.98 Å². The van der Waals surface area contributed by atoms with E-state index in [4.69, 9.17) is 9.47 Å². The van der Waals surface area contributed by atoms with Gasteiger partial charge in [0.1, 0.15) is 11.6 Å². The molecule has 1 amide bonds. The minimum atomic E-state index is -0.286. The molecule has 1 atom stereocenters. The topological polar surface area (TPSA) is 51.7 Å². The molecule has 5 nitrogen and oxygen atoms in total. The van der Waals surface area contributed by atoms with Crippen LogP contribution >= 0.6 is 23.1 Å². The minimum Gasteiger partial charge on any atom is -0.497 e. The molecular weight excluding hydrogens is 411 g/mol. The Balaban J connectivity index is 1.55. The number of carbonyl (C=O) groups is 1. The number of fused-ring (bicyclic) bond motifs is 1. The van der Waals surface area contributed by atoms with Crippen molar-refractivity contribution >= 4 is 44.4 Å². The number of hydrogen-bond donors (Lipinski definition) is 0. The van der Waals surface area contributed by atoms with Gasteiger partial charge >= 0.3 is 0 Å². The molecule has 29 heavy (non-hydrogen) atoms. The molecule has 3 aromatic rings. The Hall–Kier alpha value is -2.16. The highest BCUT2D eigenvalue weighted by atomic mass is 32.2. The Labute approximate surface area is 176 Å². The zero-order chi connectivity index (χ0) is 20.2. The molecule has 0 bridgehead atoms. The Morgan fingerprint density at radius 3 is 2.90 bits per heavy atom. The molecule has 1 aliphatic rings. The number of aromatic nitrogens is 1. The van der Waals surface area contributed by atoms with Gasteiger partial charge in [-0.25, -0.2) is 9.37 Å². The summed E-state index contributed by atoms with van der Waals surface area (Å²) in [6, 6.07) is 11.9. The number of ether oxygens (including phenoxy) is 2. The number of amides is 1. The fraction of sp³-hybridized carbons (Fsp3) is 0.333. The first-order valence-corrected chi connectivity index (χ1v) is 11.2. The van der Waals surface area contributed by atoms with Gasteiger partial charge in [-0.2, -0.15) is 0 Å². The normalized spacial score (nSPS) is 16.3. The number of rotatable bonds is 7. The van der Waals surface area contributed by atoms with Crippen LogP contribution in [-0.2, 0) is 9.53 Å². The van der Waals surface area contributed by atoms with Gasteiger partial charge in [0.15, 0.2) is 5.13 Å². The zero-order valence-corrected chi connectivity index (χ0v) is 17.6. The van der Waals surface area contributed by atoms with E-state index in [1.807, 2.05) is 18.2 Å². The molecule has 0 radical (unpaired) electrons. The third-order valence-electron chi connectivity index (χ3n) is 4.70. The lowest BCUT2D eigenvalue weighted by atomic mass is 10.2. The summed E-state index contributed by atoms with van der Waals surface area (Å²) in [7, 11) is 1.62. The molecule has 8 heteroatoms. The van der Waals surface area contributed by atoms with E-state index in [9.17, 15) is 9.18 Å². The first-order valence-electron chi connectivity index (χ1n) is 9.37. The van der Waals surface area contributed by atoms with E-state index in [-0.39, 0.29) is 23.6 Å². The Morgan fingerprint density at radius 1 is 1.34 bits per heavy atom. The summed E-state index contributed by atoms with van der Waals surface area (Å²) >= 11 is 2.87. The summed E-state index contributed by atoms with van der Waals surface area (Å²) in [5, 5.41) is 0.661. The maximum atomic E-state index is 13.1. The molecule has 1 aliphatic heterocycles. The maximum absolute atomic E-state index is 13.1. The van der Waals surface area contributed by atoms with Crippen molar-refractivity contribution in [2.75, 3.05) is 30.9 Å². The van der Waals surface area contributed by atoms with Gasteiger partial charge in [-0.05, 0) is 49.2 Å². The van der Waals surface area contributed by atoms with Crippen molar-refractivity contribution in [3.8, 4) is 5.75 Å². The molecule has 0 aliphatic carbocycles. The summed E-state index contributed by atoms with van der Waals surface area (Å²) in [5.41, 5.74) is 0.806. The third kappa shape index (κ3) is 4.88. The van der Waals surface area contributed by atoms with Crippen LogP contribution in [0.2, 0.25) is 0 Å². The quantitative estimate of drug-likeness (QED) is 0.505. The molecule has 1 unspecified atom stereocenters. The third-order valence-corrected chi connectivity index (χ3v) is 6.76. The molecular formula is C21H21FN2O3S2. The van der Waals surface area contributed by atoms with Crippen LogP contribution in [0.25, 0.3) is 10.2 Å². The molecule has 1 fully saturated rings. The van der Waals surface area contributed by atoms with Crippen LogP contribution in [0.4, 0.5) is 9.52 Å². The number of halogens is 1. The van der Waals surface area contributed by atoms with E-state index < -0.39 is 0 Å². The fourth-order valence-corrected chi connectivity index (χ4v) is 4.92. The minimum absolute atomic E-state index is 0.0244. The number of nitrogens with zero attached hydrogens (tertiary/aromatic N) is 2. The zero-order valence-electron chi connectivity index (χ0n) is 16.0. The van der Waals surface area contributed by atoms with Crippen molar-refractivity contribution in [2.45, 2.75) is 23.8 Å². The Morgan fingerprint density at radius 2 is 2.17 bits per heavy atom. The number of hydrogen-bond acceptors (Lipinski definition) is 6. The largest absolute Gasteiger partial charge is 0.497 e. The molecule has 4 rings (SSSR count). The second kappa shape index (κ2) is 9.11. The van der Waals surface area contributed by atoms with Gasteiger partial charge in [-0.1, -0.05) is 11.3 Å². The number of thiazole rings is 1. The average Bonchev–Trinajstić information content (AvgIpc) is 3.40. The van der Waals surface area contributed by atoms with E-state index in [0.717, 1.165) is 40.3 Å². The highest BCUT2D eigenvalue weighted by Gasteiger charge is 2.26. The number of benzene rings is 2. The van der Waals surface area contributed by atoms with Crippen molar-refractivity contribution < 1.29 is 18.7 Å². The second-order valence-corrected chi connectivity index (χ2v) is 8.77. The predicted octanol–water partition coefficient (Wildman–Crippen LogP) is 4.75.